The maximum atomic E-state index is 13.6. The van der Waals surface area contributed by atoms with Gasteiger partial charge in [0.05, 0.1) is 19.1 Å². The molecule has 2 N–H and O–H groups in total. The van der Waals surface area contributed by atoms with E-state index in [2.05, 4.69) is 4.18 Å². The van der Waals surface area contributed by atoms with E-state index in [-0.39, 0.29) is 17.5 Å². The van der Waals surface area contributed by atoms with Gasteiger partial charge in [-0.1, -0.05) is 11.6 Å². The molecule has 0 radical (unpaired) electrons. The predicted octanol–water partition coefficient (Wildman–Crippen LogP) is 1.68. The maximum Gasteiger partial charge on any atom is 0.423 e. The van der Waals surface area contributed by atoms with E-state index < -0.39 is 28.0 Å². The third-order valence-corrected chi connectivity index (χ3v) is 6.21. The third-order valence-electron chi connectivity index (χ3n) is 5.16. The largest absolute Gasteiger partial charge is 0.448 e. The van der Waals surface area contributed by atoms with E-state index in [0.717, 1.165) is 44.5 Å². The summed E-state index contributed by atoms with van der Waals surface area (Å²) in [5.41, 5.74) is 0. The summed E-state index contributed by atoms with van der Waals surface area (Å²) in [6.45, 7) is 2.44. The SMILES string of the molecule is O=C(NS(=O)(=O)Oc1ccc(Cl)cc1F)OC[C@H]1CCC[NH+]2CCCC[C@H]12. The zero-order chi connectivity index (χ0) is 19.4. The number of ether oxygens (including phenoxy) is 1. The molecule has 2 aliphatic rings. The second-order valence-electron chi connectivity index (χ2n) is 6.98. The molecular formula is C17H23ClFN2O5S+. The van der Waals surface area contributed by atoms with E-state index in [0.29, 0.717) is 6.04 Å². The lowest BCUT2D eigenvalue weighted by atomic mass is 9.84. The molecule has 2 aliphatic heterocycles. The zero-order valence-electron chi connectivity index (χ0n) is 14.7. The van der Waals surface area contributed by atoms with Crippen LogP contribution in [-0.2, 0) is 15.0 Å². The summed E-state index contributed by atoms with van der Waals surface area (Å²) in [7, 11) is -4.56. The van der Waals surface area contributed by atoms with Crippen molar-refractivity contribution in [1.82, 2.24) is 4.72 Å². The number of nitrogens with one attached hydrogen (secondary N) is 2. The lowest BCUT2D eigenvalue weighted by Gasteiger charge is -2.40. The average molecular weight is 422 g/mol. The van der Waals surface area contributed by atoms with Gasteiger partial charge in [0.2, 0.25) is 0 Å². The van der Waals surface area contributed by atoms with Gasteiger partial charge in [0.15, 0.2) is 11.6 Å². The third kappa shape index (κ3) is 5.46. The van der Waals surface area contributed by atoms with Gasteiger partial charge in [0.25, 0.3) is 0 Å². The highest BCUT2D eigenvalue weighted by atomic mass is 35.5. The van der Waals surface area contributed by atoms with Crippen molar-refractivity contribution in [1.29, 1.82) is 0 Å². The number of carbonyl (C=O) groups excluding carboxylic acids is 1. The van der Waals surface area contributed by atoms with Gasteiger partial charge in [-0.15, -0.1) is 0 Å². The number of rotatable bonds is 5. The van der Waals surface area contributed by atoms with Gasteiger partial charge < -0.3 is 13.8 Å². The molecule has 2 heterocycles. The fraction of sp³-hybridized carbons (Fsp3) is 0.588. The molecule has 27 heavy (non-hydrogen) atoms. The van der Waals surface area contributed by atoms with Crippen molar-refractivity contribution in [2.45, 2.75) is 38.1 Å². The maximum absolute atomic E-state index is 13.6. The molecule has 150 valence electrons. The lowest BCUT2D eigenvalue weighted by molar-refractivity contribution is -0.940. The summed E-state index contributed by atoms with van der Waals surface area (Å²) in [6.07, 6.45) is 4.39. The van der Waals surface area contributed by atoms with Crippen LogP contribution in [0.25, 0.3) is 0 Å². The smallest absolute Gasteiger partial charge is 0.423 e. The van der Waals surface area contributed by atoms with E-state index in [4.69, 9.17) is 16.3 Å². The number of hydrogen-bond acceptors (Lipinski definition) is 5. The summed E-state index contributed by atoms with van der Waals surface area (Å²) in [4.78, 5) is 13.4. The molecule has 1 amide bonds. The minimum Gasteiger partial charge on any atom is -0.448 e. The van der Waals surface area contributed by atoms with Gasteiger partial charge in [-0.05, 0) is 50.3 Å². The first-order chi connectivity index (χ1) is 12.8. The summed E-state index contributed by atoms with van der Waals surface area (Å²) in [5, 5.41) is 0.0935. The minimum absolute atomic E-state index is 0.0935. The zero-order valence-corrected chi connectivity index (χ0v) is 16.3. The number of carbonyl (C=O) groups is 1. The van der Waals surface area contributed by atoms with Gasteiger partial charge in [0, 0.05) is 10.9 Å². The van der Waals surface area contributed by atoms with Crippen molar-refractivity contribution >= 4 is 28.0 Å². The normalized spacial score (nSPS) is 25.3. The van der Waals surface area contributed by atoms with Crippen molar-refractivity contribution in [2.24, 2.45) is 5.92 Å². The molecule has 3 atom stereocenters. The Hall–Kier alpha value is -1.58. The number of hydrogen-bond donors (Lipinski definition) is 2. The highest BCUT2D eigenvalue weighted by Gasteiger charge is 2.37. The van der Waals surface area contributed by atoms with Crippen molar-refractivity contribution < 1.29 is 31.4 Å². The molecule has 1 unspecified atom stereocenters. The quantitative estimate of drug-likeness (QED) is 0.755. The van der Waals surface area contributed by atoms with E-state index in [9.17, 15) is 17.6 Å². The molecule has 0 spiro atoms. The van der Waals surface area contributed by atoms with E-state index in [1.54, 1.807) is 9.62 Å². The molecule has 0 aliphatic carbocycles. The highest BCUT2D eigenvalue weighted by Crippen LogP contribution is 2.23. The number of quaternary nitrogens is 1. The summed E-state index contributed by atoms with van der Waals surface area (Å²) < 4.78 is 48.7. The molecule has 1 aromatic rings. The molecular weight excluding hydrogens is 399 g/mol. The van der Waals surface area contributed by atoms with Crippen LogP contribution in [0.2, 0.25) is 5.02 Å². The first-order valence-corrected chi connectivity index (χ1v) is 10.8. The second kappa shape index (κ2) is 8.62. The van der Waals surface area contributed by atoms with Gasteiger partial charge in [-0.3, -0.25) is 0 Å². The van der Waals surface area contributed by atoms with Crippen LogP contribution >= 0.6 is 11.6 Å². The van der Waals surface area contributed by atoms with Crippen LogP contribution in [0.3, 0.4) is 0 Å². The minimum atomic E-state index is -4.56. The number of piperidine rings is 2. The molecule has 2 saturated heterocycles. The molecule has 3 rings (SSSR count). The van der Waals surface area contributed by atoms with Gasteiger partial charge >= 0.3 is 16.4 Å². The van der Waals surface area contributed by atoms with Crippen molar-refractivity contribution in [2.75, 3.05) is 19.7 Å². The number of halogens is 2. The lowest BCUT2D eigenvalue weighted by Crippen LogP contribution is -3.18. The Bertz CT molecular complexity index is 790. The Balaban J connectivity index is 1.52. The number of fused-ring (bicyclic) bond motifs is 1. The van der Waals surface area contributed by atoms with Crippen LogP contribution in [-0.4, -0.2) is 40.2 Å². The van der Waals surface area contributed by atoms with Crippen LogP contribution in [0.1, 0.15) is 32.1 Å². The van der Waals surface area contributed by atoms with Crippen molar-refractivity contribution in [3.05, 3.63) is 29.0 Å². The van der Waals surface area contributed by atoms with Gasteiger partial charge in [-0.2, -0.15) is 13.1 Å². The average Bonchev–Trinajstić information content (AvgIpc) is 2.62. The van der Waals surface area contributed by atoms with Crippen molar-refractivity contribution in [3.63, 3.8) is 0 Å². The molecule has 2 fully saturated rings. The van der Waals surface area contributed by atoms with Crippen LogP contribution < -0.4 is 13.8 Å². The first kappa shape index (κ1) is 20.2. The summed E-state index contributed by atoms with van der Waals surface area (Å²) in [6, 6.07) is 3.70. The second-order valence-corrected chi connectivity index (χ2v) is 8.69. The molecule has 0 aromatic heterocycles. The summed E-state index contributed by atoms with van der Waals surface area (Å²) >= 11 is 5.60. The van der Waals surface area contributed by atoms with E-state index >= 15 is 0 Å². The fourth-order valence-corrected chi connectivity index (χ4v) is 4.81. The molecule has 7 nitrogen and oxygen atoms in total. The number of benzene rings is 1. The van der Waals surface area contributed by atoms with E-state index in [1.165, 1.54) is 18.9 Å². The molecule has 10 heteroatoms. The van der Waals surface area contributed by atoms with Crippen LogP contribution in [0.4, 0.5) is 9.18 Å². The Kier molecular flexibility index (Phi) is 6.44. The van der Waals surface area contributed by atoms with Crippen LogP contribution in [0.5, 0.6) is 5.75 Å². The first-order valence-electron chi connectivity index (χ1n) is 9.03. The fourth-order valence-electron chi connectivity index (χ4n) is 3.97. The Morgan fingerprint density at radius 3 is 2.81 bits per heavy atom. The van der Waals surface area contributed by atoms with Gasteiger partial charge in [-0.25, -0.2) is 9.18 Å². The summed E-state index contributed by atoms with van der Waals surface area (Å²) in [5.74, 6) is -1.30. The van der Waals surface area contributed by atoms with E-state index in [1.807, 2.05) is 0 Å². The molecule has 1 aromatic carbocycles. The van der Waals surface area contributed by atoms with Gasteiger partial charge in [0.1, 0.15) is 6.61 Å². The Morgan fingerprint density at radius 1 is 1.26 bits per heavy atom. The predicted molar refractivity (Wildman–Crippen MR) is 96.5 cm³/mol. The number of amides is 1. The molecule has 0 saturated carbocycles. The topological polar surface area (TPSA) is 86.1 Å². The standard InChI is InChI=1S/C17H22ClFN2O5S/c18-13-6-7-16(14(19)10-13)26-27(23,24)20-17(22)25-11-12-4-3-9-21-8-2-1-5-15(12)21/h6-7,10,12,15H,1-5,8-9,11H2,(H,20,22)/p+1/t12-,15-/m1/s1. The Morgan fingerprint density at radius 2 is 2.04 bits per heavy atom. The Labute approximate surface area is 163 Å². The van der Waals surface area contributed by atoms with Crippen LogP contribution in [0, 0.1) is 11.7 Å². The molecule has 0 bridgehead atoms. The monoisotopic (exact) mass is 421 g/mol. The highest BCUT2D eigenvalue weighted by molar-refractivity contribution is 7.85. The van der Waals surface area contributed by atoms with Crippen molar-refractivity contribution in [3.8, 4) is 5.75 Å². The van der Waals surface area contributed by atoms with Crippen LogP contribution in [0.15, 0.2) is 18.2 Å².